The molecule has 0 aliphatic carbocycles. The number of halogens is 3. The predicted molar refractivity (Wildman–Crippen MR) is 109 cm³/mol. The molecule has 162 valence electrons. The summed E-state index contributed by atoms with van der Waals surface area (Å²) >= 11 is 0. The van der Waals surface area contributed by atoms with E-state index in [1.165, 1.54) is 35.3 Å². The lowest BCUT2D eigenvalue weighted by Crippen LogP contribution is -2.17. The van der Waals surface area contributed by atoms with E-state index in [4.69, 9.17) is 4.74 Å². The first-order chi connectivity index (χ1) is 15.4. The minimum absolute atomic E-state index is 0.114. The normalized spacial score (nSPS) is 11.2. The maximum Gasteiger partial charge on any atom is 0.573 e. The van der Waals surface area contributed by atoms with Gasteiger partial charge in [0.1, 0.15) is 17.8 Å². The molecule has 0 fully saturated rings. The first-order valence-electron chi connectivity index (χ1n) is 9.49. The second-order valence-electron chi connectivity index (χ2n) is 6.72. The highest BCUT2D eigenvalue weighted by Gasteiger charge is 2.31. The van der Waals surface area contributed by atoms with E-state index in [0.717, 1.165) is 11.1 Å². The molecule has 0 aliphatic rings. The predicted octanol–water partition coefficient (Wildman–Crippen LogP) is 4.98. The van der Waals surface area contributed by atoms with Gasteiger partial charge in [-0.2, -0.15) is 0 Å². The number of ether oxygens (including phenoxy) is 2. The Morgan fingerprint density at radius 1 is 0.875 bits per heavy atom. The van der Waals surface area contributed by atoms with Gasteiger partial charge in [-0.05, 0) is 42.0 Å². The fourth-order valence-electron chi connectivity index (χ4n) is 2.91. The lowest BCUT2D eigenvalue weighted by Gasteiger charge is -2.09. The molecule has 0 N–H and O–H groups in total. The van der Waals surface area contributed by atoms with Gasteiger partial charge in [-0.1, -0.05) is 42.5 Å². The van der Waals surface area contributed by atoms with Crippen molar-refractivity contribution in [3.8, 4) is 28.6 Å². The molecule has 0 aliphatic heterocycles. The average molecular weight is 439 g/mol. The molecule has 32 heavy (non-hydrogen) atoms. The molecule has 4 aromatic rings. The third-order valence-corrected chi connectivity index (χ3v) is 4.36. The van der Waals surface area contributed by atoms with Gasteiger partial charge in [-0.3, -0.25) is 4.79 Å². The zero-order valence-corrected chi connectivity index (χ0v) is 16.5. The summed E-state index contributed by atoms with van der Waals surface area (Å²) in [5, 5.41) is 4.35. The van der Waals surface area contributed by atoms with Crippen LogP contribution < -0.4 is 9.47 Å². The van der Waals surface area contributed by atoms with E-state index < -0.39 is 6.36 Å². The number of carbonyl (C=O) groups is 1. The molecule has 4 rings (SSSR count). The Morgan fingerprint density at radius 2 is 1.56 bits per heavy atom. The minimum Gasteiger partial charge on any atom is -0.426 e. The largest absolute Gasteiger partial charge is 0.573 e. The van der Waals surface area contributed by atoms with Crippen molar-refractivity contribution < 1.29 is 27.4 Å². The quantitative estimate of drug-likeness (QED) is 0.313. The van der Waals surface area contributed by atoms with Gasteiger partial charge in [-0.25, -0.2) is 9.67 Å². The van der Waals surface area contributed by atoms with E-state index in [2.05, 4.69) is 14.8 Å². The average Bonchev–Trinajstić information content (AvgIpc) is 3.24. The highest BCUT2D eigenvalue weighted by Crippen LogP contribution is 2.24. The van der Waals surface area contributed by atoms with E-state index in [-0.39, 0.29) is 18.1 Å². The second kappa shape index (κ2) is 8.93. The molecule has 1 aromatic heterocycles. The van der Waals surface area contributed by atoms with Crippen LogP contribution in [0.2, 0.25) is 0 Å². The fraction of sp³-hybridized carbons (Fsp3) is 0.0870. The van der Waals surface area contributed by atoms with Gasteiger partial charge in [0.05, 0.1) is 12.1 Å². The molecule has 0 bridgehead atoms. The molecular formula is C23H16F3N3O3. The van der Waals surface area contributed by atoms with Crippen LogP contribution in [0.1, 0.15) is 5.56 Å². The molecule has 0 saturated heterocycles. The smallest absolute Gasteiger partial charge is 0.426 e. The Hall–Kier alpha value is -4.14. The van der Waals surface area contributed by atoms with Crippen LogP contribution in [0.3, 0.4) is 0 Å². The van der Waals surface area contributed by atoms with E-state index in [0.29, 0.717) is 17.3 Å². The molecular weight excluding hydrogens is 423 g/mol. The van der Waals surface area contributed by atoms with Crippen molar-refractivity contribution in [2.75, 3.05) is 0 Å². The Morgan fingerprint density at radius 3 is 2.22 bits per heavy atom. The van der Waals surface area contributed by atoms with Crippen LogP contribution in [0.5, 0.6) is 11.5 Å². The van der Waals surface area contributed by atoms with Crippen molar-refractivity contribution in [3.05, 3.63) is 90.8 Å². The first-order valence-corrected chi connectivity index (χ1v) is 9.49. The molecule has 0 unspecified atom stereocenters. The number of rotatable bonds is 6. The number of esters is 1. The zero-order chi connectivity index (χ0) is 22.6. The third-order valence-electron chi connectivity index (χ3n) is 4.36. The number of carbonyl (C=O) groups excluding carboxylic acids is 1. The number of alkyl halides is 3. The summed E-state index contributed by atoms with van der Waals surface area (Å²) in [5.74, 6) is 0.230. The Labute approximate surface area is 180 Å². The second-order valence-corrected chi connectivity index (χ2v) is 6.72. The van der Waals surface area contributed by atoms with Crippen LogP contribution in [0, 0.1) is 0 Å². The summed E-state index contributed by atoms with van der Waals surface area (Å²) < 4.78 is 47.4. The molecule has 0 amide bonds. The summed E-state index contributed by atoms with van der Waals surface area (Å²) in [6, 6.07) is 21.3. The Balaban J connectivity index is 1.40. The first kappa shape index (κ1) is 21.1. The zero-order valence-electron chi connectivity index (χ0n) is 16.5. The topological polar surface area (TPSA) is 66.2 Å². The van der Waals surface area contributed by atoms with Gasteiger partial charge in [0, 0.05) is 5.56 Å². The lowest BCUT2D eigenvalue weighted by molar-refractivity contribution is -0.274. The van der Waals surface area contributed by atoms with Crippen molar-refractivity contribution in [2.24, 2.45) is 0 Å². The maximum atomic E-state index is 12.3. The molecule has 6 nitrogen and oxygen atoms in total. The van der Waals surface area contributed by atoms with Gasteiger partial charge >= 0.3 is 12.3 Å². The maximum absolute atomic E-state index is 12.3. The van der Waals surface area contributed by atoms with E-state index in [1.54, 1.807) is 48.5 Å². The molecule has 0 spiro atoms. The summed E-state index contributed by atoms with van der Waals surface area (Å²) in [7, 11) is 0. The van der Waals surface area contributed by atoms with Gasteiger partial charge in [-0.15, -0.1) is 18.3 Å². The lowest BCUT2D eigenvalue weighted by atomic mass is 10.1. The molecule has 1 heterocycles. The fourth-order valence-corrected chi connectivity index (χ4v) is 2.91. The van der Waals surface area contributed by atoms with Crippen molar-refractivity contribution in [2.45, 2.75) is 12.8 Å². The number of aromatic nitrogens is 3. The van der Waals surface area contributed by atoms with Crippen LogP contribution in [0.4, 0.5) is 13.2 Å². The van der Waals surface area contributed by atoms with Crippen LogP contribution >= 0.6 is 0 Å². The van der Waals surface area contributed by atoms with Gasteiger partial charge in [0.15, 0.2) is 5.82 Å². The molecule has 0 saturated carbocycles. The van der Waals surface area contributed by atoms with Crippen LogP contribution in [0.15, 0.2) is 85.2 Å². The van der Waals surface area contributed by atoms with Crippen LogP contribution in [-0.2, 0) is 11.2 Å². The van der Waals surface area contributed by atoms with Crippen molar-refractivity contribution in [1.82, 2.24) is 14.8 Å². The van der Waals surface area contributed by atoms with Gasteiger partial charge in [0.2, 0.25) is 0 Å². The van der Waals surface area contributed by atoms with Crippen molar-refractivity contribution in [3.63, 3.8) is 0 Å². The summed E-state index contributed by atoms with van der Waals surface area (Å²) in [4.78, 5) is 16.3. The van der Waals surface area contributed by atoms with E-state index >= 15 is 0 Å². The Bertz CT molecular complexity index is 1190. The highest BCUT2D eigenvalue weighted by atomic mass is 19.4. The highest BCUT2D eigenvalue weighted by molar-refractivity contribution is 5.75. The van der Waals surface area contributed by atoms with E-state index in [9.17, 15) is 18.0 Å². The van der Waals surface area contributed by atoms with Crippen molar-refractivity contribution in [1.29, 1.82) is 0 Å². The number of hydrogen-bond donors (Lipinski definition) is 0. The number of para-hydroxylation sites is 1. The van der Waals surface area contributed by atoms with Crippen LogP contribution in [-0.4, -0.2) is 27.1 Å². The van der Waals surface area contributed by atoms with Gasteiger partial charge in [0.25, 0.3) is 0 Å². The van der Waals surface area contributed by atoms with Crippen LogP contribution in [0.25, 0.3) is 17.1 Å². The van der Waals surface area contributed by atoms with Crippen molar-refractivity contribution >= 4 is 5.97 Å². The number of hydrogen-bond acceptors (Lipinski definition) is 5. The summed E-state index contributed by atoms with van der Waals surface area (Å²) in [6.45, 7) is 0. The SMILES string of the molecule is O=C(Cc1ccc(-c2ncn(-c3ccc(OC(F)(F)F)cc3)n2)cc1)Oc1ccccc1. The standard InChI is InChI=1S/C23H16F3N3O3/c24-23(25,26)32-20-12-10-18(11-13-20)29-15-27-22(28-29)17-8-6-16(7-9-17)14-21(30)31-19-4-2-1-3-5-19/h1-13,15H,14H2. The van der Waals surface area contributed by atoms with E-state index in [1.807, 2.05) is 6.07 Å². The van der Waals surface area contributed by atoms with Gasteiger partial charge < -0.3 is 9.47 Å². The molecule has 3 aromatic carbocycles. The minimum atomic E-state index is -4.74. The monoisotopic (exact) mass is 439 g/mol. The molecule has 0 atom stereocenters. The summed E-state index contributed by atoms with van der Waals surface area (Å²) in [6.07, 6.45) is -3.17. The Kier molecular flexibility index (Phi) is 5.89. The summed E-state index contributed by atoms with van der Waals surface area (Å²) in [5.41, 5.74) is 2.02. The third kappa shape index (κ3) is 5.51. The number of benzene rings is 3. The molecule has 0 radical (unpaired) electrons. The molecule has 9 heteroatoms. The number of nitrogens with zero attached hydrogens (tertiary/aromatic N) is 3.